The van der Waals surface area contributed by atoms with Gasteiger partial charge in [0.25, 0.3) is 5.56 Å². The Balaban J connectivity index is 2.35. The van der Waals surface area contributed by atoms with E-state index in [2.05, 4.69) is 4.98 Å². The van der Waals surface area contributed by atoms with Crippen molar-refractivity contribution in [3.05, 3.63) is 57.2 Å². The van der Waals surface area contributed by atoms with Crippen molar-refractivity contribution in [1.29, 1.82) is 0 Å². The fourth-order valence-corrected chi connectivity index (χ4v) is 2.91. The minimum absolute atomic E-state index is 0.123. The summed E-state index contributed by atoms with van der Waals surface area (Å²) in [5.41, 5.74) is 0.126. The van der Waals surface area contributed by atoms with Gasteiger partial charge in [0.05, 0.1) is 25.2 Å². The normalized spacial score (nSPS) is 11.6. The van der Waals surface area contributed by atoms with Crippen LogP contribution in [0.25, 0.3) is 16.9 Å². The zero-order valence-electron chi connectivity index (χ0n) is 15.0. The molecule has 138 valence electrons. The molecule has 0 aliphatic heterocycles. The molecule has 1 aromatic carbocycles. The quantitative estimate of drug-likeness (QED) is 0.672. The smallest absolute Gasteiger partial charge is 0.337 e. The predicted octanol–water partition coefficient (Wildman–Crippen LogP) is 1.79. The molecule has 0 unspecified atom stereocenters. The maximum Gasteiger partial charge on any atom is 0.337 e. The van der Waals surface area contributed by atoms with E-state index in [0.717, 1.165) is 4.57 Å². The highest BCUT2D eigenvalue weighted by molar-refractivity contribution is 5.72. The third kappa shape index (κ3) is 3.20. The van der Waals surface area contributed by atoms with Crippen LogP contribution in [0.5, 0.6) is 0 Å². The lowest BCUT2D eigenvalue weighted by Gasteiger charge is -2.13. The molecule has 3 rings (SSSR count). The summed E-state index contributed by atoms with van der Waals surface area (Å²) in [5, 5.41) is 0. The molecule has 2 heterocycles. The van der Waals surface area contributed by atoms with Crippen molar-refractivity contribution in [2.75, 3.05) is 13.7 Å². The number of hydrogen-bond donors (Lipinski definition) is 0. The largest absolute Gasteiger partial charge is 0.383 e. The Labute approximate surface area is 149 Å². The third-order valence-corrected chi connectivity index (χ3v) is 4.07. The molecule has 0 aliphatic carbocycles. The minimum Gasteiger partial charge on any atom is -0.383 e. The number of rotatable bonds is 6. The molecule has 0 saturated heterocycles. The highest BCUT2D eigenvalue weighted by Crippen LogP contribution is 2.15. The molecule has 0 fully saturated rings. The first-order chi connectivity index (χ1) is 12.4. The van der Waals surface area contributed by atoms with Crippen LogP contribution in [0.1, 0.15) is 13.8 Å². The third-order valence-electron chi connectivity index (χ3n) is 4.07. The molecule has 26 heavy (non-hydrogen) atoms. The summed E-state index contributed by atoms with van der Waals surface area (Å²) in [6.45, 7) is 5.01. The number of nitrogens with zero attached hydrogens (tertiary/aromatic N) is 4. The van der Waals surface area contributed by atoms with Crippen molar-refractivity contribution in [3.63, 3.8) is 0 Å². The standard InChI is InChI=1S/C18H21FN4O3/c1-12(2)10-21-11-20-16-15(21)17(24)22(8-9-26-3)18(25)23(16)14-6-4-13(19)5-7-14/h4-7,11-12H,8-10H2,1-3H3. The van der Waals surface area contributed by atoms with Crippen molar-refractivity contribution < 1.29 is 9.13 Å². The van der Waals surface area contributed by atoms with Gasteiger partial charge >= 0.3 is 5.69 Å². The van der Waals surface area contributed by atoms with Crippen molar-refractivity contribution in [1.82, 2.24) is 18.7 Å². The van der Waals surface area contributed by atoms with Crippen LogP contribution in [-0.4, -0.2) is 32.4 Å². The highest BCUT2D eigenvalue weighted by Gasteiger charge is 2.19. The van der Waals surface area contributed by atoms with Crippen molar-refractivity contribution in [3.8, 4) is 5.69 Å². The number of halogens is 1. The Morgan fingerprint density at radius 1 is 1.19 bits per heavy atom. The van der Waals surface area contributed by atoms with E-state index in [0.29, 0.717) is 23.7 Å². The number of benzene rings is 1. The van der Waals surface area contributed by atoms with Gasteiger partial charge in [0.2, 0.25) is 0 Å². The van der Waals surface area contributed by atoms with Gasteiger partial charge in [-0.2, -0.15) is 0 Å². The van der Waals surface area contributed by atoms with Gasteiger partial charge in [-0.3, -0.25) is 9.36 Å². The van der Waals surface area contributed by atoms with E-state index in [1.165, 1.54) is 35.9 Å². The second-order valence-electron chi connectivity index (χ2n) is 6.51. The van der Waals surface area contributed by atoms with E-state index in [1.807, 2.05) is 13.8 Å². The first kappa shape index (κ1) is 18.1. The summed E-state index contributed by atoms with van der Waals surface area (Å²) in [4.78, 5) is 30.2. The molecule has 0 amide bonds. The summed E-state index contributed by atoms with van der Waals surface area (Å²) in [6.07, 6.45) is 1.56. The average molecular weight is 360 g/mol. The number of aromatic nitrogens is 4. The molecule has 0 atom stereocenters. The summed E-state index contributed by atoms with van der Waals surface area (Å²) in [7, 11) is 1.51. The van der Waals surface area contributed by atoms with Crippen molar-refractivity contribution in [2.24, 2.45) is 5.92 Å². The first-order valence-corrected chi connectivity index (χ1v) is 8.39. The number of hydrogen-bond acceptors (Lipinski definition) is 4. The van der Waals surface area contributed by atoms with Gasteiger partial charge in [0.1, 0.15) is 5.82 Å². The molecule has 0 radical (unpaired) electrons. The summed E-state index contributed by atoms with van der Waals surface area (Å²) in [5.74, 6) is -0.110. The number of imidazole rings is 1. The molecule has 0 spiro atoms. The fourth-order valence-electron chi connectivity index (χ4n) is 2.91. The summed E-state index contributed by atoms with van der Waals surface area (Å²) < 4.78 is 22.5. The minimum atomic E-state index is -0.527. The summed E-state index contributed by atoms with van der Waals surface area (Å²) >= 11 is 0. The molecular formula is C18H21FN4O3. The Hall–Kier alpha value is -2.74. The van der Waals surface area contributed by atoms with E-state index in [1.54, 1.807) is 10.9 Å². The first-order valence-electron chi connectivity index (χ1n) is 8.39. The zero-order valence-corrected chi connectivity index (χ0v) is 15.0. The lowest BCUT2D eigenvalue weighted by molar-refractivity contribution is 0.184. The molecule has 0 aliphatic rings. The molecule has 7 nitrogen and oxygen atoms in total. The summed E-state index contributed by atoms with van der Waals surface area (Å²) in [6, 6.07) is 5.51. The van der Waals surface area contributed by atoms with E-state index in [9.17, 15) is 14.0 Å². The predicted molar refractivity (Wildman–Crippen MR) is 96.3 cm³/mol. The number of ether oxygens (including phenoxy) is 1. The van der Waals surface area contributed by atoms with Crippen LogP contribution in [0, 0.1) is 11.7 Å². The number of methoxy groups -OCH3 is 1. The van der Waals surface area contributed by atoms with Gasteiger partial charge in [-0.05, 0) is 30.2 Å². The van der Waals surface area contributed by atoms with Crippen LogP contribution < -0.4 is 11.2 Å². The zero-order chi connectivity index (χ0) is 18.8. The van der Waals surface area contributed by atoms with E-state index >= 15 is 0 Å². The van der Waals surface area contributed by atoms with E-state index in [-0.39, 0.29) is 18.8 Å². The molecule has 0 bridgehead atoms. The highest BCUT2D eigenvalue weighted by atomic mass is 19.1. The second-order valence-corrected chi connectivity index (χ2v) is 6.51. The SMILES string of the molecule is COCCn1c(=O)c2c(ncn2CC(C)C)n(-c2ccc(F)cc2)c1=O. The monoisotopic (exact) mass is 360 g/mol. The van der Waals surface area contributed by atoms with Crippen molar-refractivity contribution in [2.45, 2.75) is 26.9 Å². The van der Waals surface area contributed by atoms with Crippen LogP contribution in [0.2, 0.25) is 0 Å². The Morgan fingerprint density at radius 2 is 1.88 bits per heavy atom. The van der Waals surface area contributed by atoms with Crippen LogP contribution in [0.4, 0.5) is 4.39 Å². The Kier molecular flexibility index (Phi) is 5.03. The second kappa shape index (κ2) is 7.25. The van der Waals surface area contributed by atoms with Crippen LogP contribution in [-0.2, 0) is 17.8 Å². The Morgan fingerprint density at radius 3 is 2.50 bits per heavy atom. The van der Waals surface area contributed by atoms with Gasteiger partial charge in [-0.15, -0.1) is 0 Å². The van der Waals surface area contributed by atoms with Gasteiger partial charge in [0.15, 0.2) is 11.2 Å². The van der Waals surface area contributed by atoms with Gasteiger partial charge in [-0.25, -0.2) is 18.7 Å². The molecule has 8 heteroatoms. The maximum absolute atomic E-state index is 13.3. The van der Waals surface area contributed by atoms with Crippen molar-refractivity contribution >= 4 is 11.2 Å². The number of fused-ring (bicyclic) bond motifs is 1. The topological polar surface area (TPSA) is 71.1 Å². The Bertz CT molecular complexity index is 1030. The average Bonchev–Trinajstić information content (AvgIpc) is 2.99. The van der Waals surface area contributed by atoms with E-state index < -0.39 is 17.1 Å². The lowest BCUT2D eigenvalue weighted by Crippen LogP contribution is -2.41. The van der Waals surface area contributed by atoms with Crippen LogP contribution >= 0.6 is 0 Å². The van der Waals surface area contributed by atoms with Gasteiger partial charge in [0, 0.05) is 13.7 Å². The maximum atomic E-state index is 13.3. The molecule has 3 aromatic rings. The van der Waals surface area contributed by atoms with Crippen LogP contribution in [0.3, 0.4) is 0 Å². The van der Waals surface area contributed by atoms with Gasteiger partial charge < -0.3 is 9.30 Å². The molecular weight excluding hydrogens is 339 g/mol. The molecule has 0 saturated carbocycles. The van der Waals surface area contributed by atoms with Gasteiger partial charge in [-0.1, -0.05) is 13.8 Å². The molecule has 0 N–H and O–H groups in total. The molecule has 2 aromatic heterocycles. The fraction of sp³-hybridized carbons (Fsp3) is 0.389. The van der Waals surface area contributed by atoms with Crippen LogP contribution in [0.15, 0.2) is 40.2 Å². The lowest BCUT2D eigenvalue weighted by atomic mass is 10.2. The van der Waals surface area contributed by atoms with E-state index in [4.69, 9.17) is 4.74 Å².